The van der Waals surface area contributed by atoms with Crippen molar-refractivity contribution >= 4 is 18.9 Å². The third-order valence-electron chi connectivity index (χ3n) is 2.39. The summed E-state index contributed by atoms with van der Waals surface area (Å²) in [6, 6.07) is 0. The first-order chi connectivity index (χ1) is 8.81. The van der Waals surface area contributed by atoms with Crippen molar-refractivity contribution in [2.75, 3.05) is 26.4 Å². The zero-order chi connectivity index (χ0) is 13.2. The van der Waals surface area contributed by atoms with Crippen LogP contribution in [0.4, 0.5) is 0 Å². The first kappa shape index (κ1) is 14.9. The van der Waals surface area contributed by atoms with Crippen molar-refractivity contribution in [1.82, 2.24) is 0 Å². The van der Waals surface area contributed by atoms with Gasteiger partial charge in [0.1, 0.15) is 44.8 Å². The molecule has 102 valence electrons. The van der Waals surface area contributed by atoms with Gasteiger partial charge in [0.2, 0.25) is 0 Å². The van der Waals surface area contributed by atoms with E-state index in [2.05, 4.69) is 0 Å². The SMILES string of the molecule is O=CCOC1C[C@H](OCC=O)[C@H](OCC=O)CO1. The van der Waals surface area contributed by atoms with E-state index in [0.717, 1.165) is 0 Å². The fourth-order valence-electron chi connectivity index (χ4n) is 1.64. The highest BCUT2D eigenvalue weighted by atomic mass is 16.7. The highest BCUT2D eigenvalue weighted by molar-refractivity contribution is 5.51. The summed E-state index contributed by atoms with van der Waals surface area (Å²) < 4.78 is 21.0. The lowest BCUT2D eigenvalue weighted by molar-refractivity contribution is -0.230. The van der Waals surface area contributed by atoms with Crippen molar-refractivity contribution in [3.05, 3.63) is 0 Å². The second kappa shape index (κ2) is 8.87. The van der Waals surface area contributed by atoms with Gasteiger partial charge < -0.3 is 33.3 Å². The van der Waals surface area contributed by atoms with Gasteiger partial charge in [0.05, 0.1) is 12.7 Å². The maximum Gasteiger partial charge on any atom is 0.160 e. The molecule has 0 aromatic carbocycles. The Morgan fingerprint density at radius 2 is 1.44 bits per heavy atom. The number of rotatable bonds is 9. The molecule has 0 amide bonds. The van der Waals surface area contributed by atoms with Gasteiger partial charge >= 0.3 is 0 Å². The lowest BCUT2D eigenvalue weighted by atomic mass is 10.1. The molecule has 0 radical (unpaired) electrons. The Kier molecular flexibility index (Phi) is 7.35. The molecule has 7 heteroatoms. The van der Waals surface area contributed by atoms with Crippen LogP contribution in [0.15, 0.2) is 0 Å². The highest BCUT2D eigenvalue weighted by Gasteiger charge is 2.33. The summed E-state index contributed by atoms with van der Waals surface area (Å²) in [6.07, 6.45) is 0.833. The molecule has 1 rings (SSSR count). The van der Waals surface area contributed by atoms with Crippen LogP contribution in [0.25, 0.3) is 0 Å². The number of ether oxygens (including phenoxy) is 4. The summed E-state index contributed by atoms with van der Waals surface area (Å²) >= 11 is 0. The average Bonchev–Trinajstić information content (AvgIpc) is 2.41. The van der Waals surface area contributed by atoms with E-state index in [9.17, 15) is 14.4 Å². The van der Waals surface area contributed by atoms with Crippen molar-refractivity contribution in [3.63, 3.8) is 0 Å². The predicted octanol–water partition coefficient (Wildman–Crippen LogP) is -0.883. The molecule has 1 aliphatic rings. The Bertz CT molecular complexity index is 268. The summed E-state index contributed by atoms with van der Waals surface area (Å²) in [5.74, 6) is 0. The number of aldehydes is 3. The van der Waals surface area contributed by atoms with Crippen molar-refractivity contribution < 1.29 is 33.3 Å². The Balaban J connectivity index is 2.45. The van der Waals surface area contributed by atoms with Gasteiger partial charge in [-0.1, -0.05) is 0 Å². The zero-order valence-electron chi connectivity index (χ0n) is 9.86. The molecule has 18 heavy (non-hydrogen) atoms. The normalized spacial score (nSPS) is 27.7. The van der Waals surface area contributed by atoms with E-state index in [-0.39, 0.29) is 26.4 Å². The number of hydrogen-bond donors (Lipinski definition) is 0. The fourth-order valence-corrected chi connectivity index (χ4v) is 1.64. The van der Waals surface area contributed by atoms with Crippen LogP contribution >= 0.6 is 0 Å². The molecule has 1 heterocycles. The van der Waals surface area contributed by atoms with Crippen LogP contribution in [0.1, 0.15) is 6.42 Å². The van der Waals surface area contributed by atoms with Gasteiger partial charge in [0.15, 0.2) is 6.29 Å². The molecule has 0 saturated carbocycles. The maximum absolute atomic E-state index is 10.3. The Hall–Kier alpha value is -1.15. The second-order valence-electron chi connectivity index (χ2n) is 3.58. The maximum atomic E-state index is 10.3. The predicted molar refractivity (Wildman–Crippen MR) is 58.0 cm³/mol. The molecule has 1 saturated heterocycles. The molecule has 7 nitrogen and oxygen atoms in total. The van der Waals surface area contributed by atoms with Gasteiger partial charge in [-0.05, 0) is 0 Å². The lowest BCUT2D eigenvalue weighted by Gasteiger charge is -2.34. The van der Waals surface area contributed by atoms with Crippen LogP contribution in [-0.2, 0) is 33.3 Å². The van der Waals surface area contributed by atoms with E-state index in [0.29, 0.717) is 25.3 Å². The summed E-state index contributed by atoms with van der Waals surface area (Å²) in [5, 5.41) is 0. The van der Waals surface area contributed by atoms with Crippen molar-refractivity contribution in [1.29, 1.82) is 0 Å². The van der Waals surface area contributed by atoms with E-state index in [1.54, 1.807) is 0 Å². The first-order valence-corrected chi connectivity index (χ1v) is 5.59. The first-order valence-electron chi connectivity index (χ1n) is 5.59. The molecular formula is C11H16O7. The van der Waals surface area contributed by atoms with Gasteiger partial charge in [-0.25, -0.2) is 0 Å². The molecule has 0 aromatic rings. The van der Waals surface area contributed by atoms with Gasteiger partial charge in [-0.2, -0.15) is 0 Å². The van der Waals surface area contributed by atoms with E-state index in [1.165, 1.54) is 0 Å². The topological polar surface area (TPSA) is 88.1 Å². The van der Waals surface area contributed by atoms with Crippen molar-refractivity contribution in [2.45, 2.75) is 24.9 Å². The summed E-state index contributed by atoms with van der Waals surface area (Å²) in [4.78, 5) is 30.7. The number of hydrogen-bond acceptors (Lipinski definition) is 7. The minimum atomic E-state index is -0.567. The van der Waals surface area contributed by atoms with Crippen LogP contribution in [-0.4, -0.2) is 63.8 Å². The van der Waals surface area contributed by atoms with Crippen molar-refractivity contribution in [3.8, 4) is 0 Å². The number of carbonyl (C=O) groups excluding carboxylic acids is 3. The Labute approximate surface area is 104 Å². The molecular weight excluding hydrogens is 244 g/mol. The molecule has 1 fully saturated rings. The number of carbonyl (C=O) groups is 3. The molecule has 0 bridgehead atoms. The molecule has 0 spiro atoms. The van der Waals surface area contributed by atoms with Crippen LogP contribution in [0.2, 0.25) is 0 Å². The zero-order valence-corrected chi connectivity index (χ0v) is 9.86. The minimum Gasteiger partial charge on any atom is -0.368 e. The van der Waals surface area contributed by atoms with E-state index in [1.807, 2.05) is 0 Å². The second-order valence-corrected chi connectivity index (χ2v) is 3.58. The minimum absolute atomic E-state index is 0.0607. The van der Waals surface area contributed by atoms with E-state index in [4.69, 9.17) is 18.9 Å². The van der Waals surface area contributed by atoms with Gasteiger partial charge in [0, 0.05) is 6.42 Å². The Morgan fingerprint density at radius 1 is 0.889 bits per heavy atom. The van der Waals surface area contributed by atoms with E-state index < -0.39 is 18.5 Å². The quantitative estimate of drug-likeness (QED) is 0.497. The van der Waals surface area contributed by atoms with Crippen LogP contribution in [0.5, 0.6) is 0 Å². The smallest absolute Gasteiger partial charge is 0.160 e. The van der Waals surface area contributed by atoms with Crippen LogP contribution < -0.4 is 0 Å². The van der Waals surface area contributed by atoms with Crippen LogP contribution in [0.3, 0.4) is 0 Å². The summed E-state index contributed by atoms with van der Waals surface area (Å²) in [6.45, 7) is -0.00727. The molecule has 1 aliphatic heterocycles. The van der Waals surface area contributed by atoms with Gasteiger partial charge in [-0.3, -0.25) is 0 Å². The van der Waals surface area contributed by atoms with Crippen LogP contribution in [0, 0.1) is 0 Å². The van der Waals surface area contributed by atoms with Gasteiger partial charge in [0.25, 0.3) is 0 Å². The summed E-state index contributed by atoms with van der Waals surface area (Å²) in [7, 11) is 0. The Morgan fingerprint density at radius 3 is 2.06 bits per heavy atom. The molecule has 1 unspecified atom stereocenters. The lowest BCUT2D eigenvalue weighted by Crippen LogP contribution is -2.45. The summed E-state index contributed by atoms with van der Waals surface area (Å²) in [5.41, 5.74) is 0. The monoisotopic (exact) mass is 260 g/mol. The highest BCUT2D eigenvalue weighted by Crippen LogP contribution is 2.20. The largest absolute Gasteiger partial charge is 0.368 e. The molecule has 3 atom stereocenters. The third kappa shape index (κ3) is 5.01. The van der Waals surface area contributed by atoms with E-state index >= 15 is 0 Å². The average molecular weight is 260 g/mol. The molecule has 0 aromatic heterocycles. The third-order valence-corrected chi connectivity index (χ3v) is 2.39. The molecule has 0 N–H and O–H groups in total. The fraction of sp³-hybridized carbons (Fsp3) is 0.727. The van der Waals surface area contributed by atoms with Gasteiger partial charge in [-0.15, -0.1) is 0 Å². The molecule has 0 aliphatic carbocycles. The van der Waals surface area contributed by atoms with Crippen molar-refractivity contribution in [2.24, 2.45) is 0 Å². The standard InChI is InChI=1S/C11H16O7/c12-1-4-15-9-7-11(17-6-3-14)18-8-10(9)16-5-2-13/h1-3,9-11H,4-8H2/t9-,10+,11?/m0/s1.